The standard InChI is InChI=1S/C15H17FN2S/c16-12-6-7-15(14(18)10-12)19-8-2-4-11-3-1-5-13(17)9-11/h1,3,5-7,9-10H,2,4,8,17-18H2. The van der Waals surface area contributed by atoms with Crippen LogP contribution in [0.3, 0.4) is 0 Å². The van der Waals surface area contributed by atoms with E-state index in [2.05, 4.69) is 6.07 Å². The summed E-state index contributed by atoms with van der Waals surface area (Å²) in [5.41, 5.74) is 14.0. The summed E-state index contributed by atoms with van der Waals surface area (Å²) < 4.78 is 12.9. The first-order chi connectivity index (χ1) is 9.15. The second kappa shape index (κ2) is 6.48. The summed E-state index contributed by atoms with van der Waals surface area (Å²) in [6, 6.07) is 12.5. The van der Waals surface area contributed by atoms with E-state index in [1.54, 1.807) is 17.8 Å². The summed E-state index contributed by atoms with van der Waals surface area (Å²) in [5.74, 6) is 0.659. The highest BCUT2D eigenvalue weighted by atomic mass is 32.2. The molecule has 0 amide bonds. The van der Waals surface area contributed by atoms with E-state index in [0.717, 1.165) is 29.2 Å². The first-order valence-corrected chi connectivity index (χ1v) is 7.16. The maximum atomic E-state index is 12.9. The molecule has 0 bridgehead atoms. The van der Waals surface area contributed by atoms with E-state index in [9.17, 15) is 4.39 Å². The second-order valence-corrected chi connectivity index (χ2v) is 5.52. The van der Waals surface area contributed by atoms with E-state index in [0.29, 0.717) is 5.69 Å². The molecule has 100 valence electrons. The molecular weight excluding hydrogens is 259 g/mol. The average Bonchev–Trinajstić information content (AvgIpc) is 2.37. The minimum atomic E-state index is -0.290. The van der Waals surface area contributed by atoms with Gasteiger partial charge in [0, 0.05) is 16.3 Å². The number of halogens is 1. The molecule has 0 saturated heterocycles. The molecule has 0 atom stereocenters. The van der Waals surface area contributed by atoms with Gasteiger partial charge < -0.3 is 11.5 Å². The van der Waals surface area contributed by atoms with Crippen molar-refractivity contribution in [2.24, 2.45) is 0 Å². The highest BCUT2D eigenvalue weighted by molar-refractivity contribution is 7.99. The molecule has 0 heterocycles. The summed E-state index contributed by atoms with van der Waals surface area (Å²) in [7, 11) is 0. The lowest BCUT2D eigenvalue weighted by atomic mass is 10.1. The van der Waals surface area contributed by atoms with Crippen LogP contribution in [0.5, 0.6) is 0 Å². The number of nitrogens with two attached hydrogens (primary N) is 2. The van der Waals surface area contributed by atoms with Crippen LogP contribution in [0.25, 0.3) is 0 Å². The van der Waals surface area contributed by atoms with Crippen LogP contribution in [0, 0.1) is 5.82 Å². The Balaban J connectivity index is 1.81. The predicted molar refractivity (Wildman–Crippen MR) is 80.7 cm³/mol. The number of hydrogen-bond acceptors (Lipinski definition) is 3. The van der Waals surface area contributed by atoms with Gasteiger partial charge in [-0.1, -0.05) is 12.1 Å². The van der Waals surface area contributed by atoms with Crippen molar-refractivity contribution in [3.05, 3.63) is 53.8 Å². The summed E-state index contributed by atoms with van der Waals surface area (Å²) in [4.78, 5) is 0.939. The van der Waals surface area contributed by atoms with Gasteiger partial charge in [-0.3, -0.25) is 0 Å². The molecule has 0 aliphatic carbocycles. The molecule has 4 N–H and O–H groups in total. The maximum absolute atomic E-state index is 12.9. The highest BCUT2D eigenvalue weighted by Gasteiger charge is 2.02. The zero-order chi connectivity index (χ0) is 13.7. The molecule has 0 fully saturated rings. The largest absolute Gasteiger partial charge is 0.399 e. The highest BCUT2D eigenvalue weighted by Crippen LogP contribution is 2.26. The second-order valence-electron chi connectivity index (χ2n) is 4.38. The monoisotopic (exact) mass is 276 g/mol. The van der Waals surface area contributed by atoms with E-state index in [1.807, 2.05) is 18.2 Å². The average molecular weight is 276 g/mol. The lowest BCUT2D eigenvalue weighted by Gasteiger charge is -2.06. The number of rotatable bonds is 5. The molecular formula is C15H17FN2S. The molecule has 0 unspecified atom stereocenters. The van der Waals surface area contributed by atoms with Gasteiger partial charge in [0.2, 0.25) is 0 Å². The molecule has 2 aromatic rings. The Morgan fingerprint density at radius 2 is 1.89 bits per heavy atom. The van der Waals surface area contributed by atoms with Crippen molar-refractivity contribution in [3.8, 4) is 0 Å². The van der Waals surface area contributed by atoms with Gasteiger partial charge in [-0.05, 0) is 54.5 Å². The van der Waals surface area contributed by atoms with Crippen molar-refractivity contribution in [3.63, 3.8) is 0 Å². The van der Waals surface area contributed by atoms with Gasteiger partial charge in [-0.2, -0.15) is 0 Å². The van der Waals surface area contributed by atoms with Gasteiger partial charge in [0.15, 0.2) is 0 Å². The van der Waals surface area contributed by atoms with E-state index in [-0.39, 0.29) is 5.82 Å². The lowest BCUT2D eigenvalue weighted by molar-refractivity contribution is 0.627. The van der Waals surface area contributed by atoms with E-state index < -0.39 is 0 Å². The minimum absolute atomic E-state index is 0.290. The first-order valence-electron chi connectivity index (χ1n) is 6.17. The number of nitrogen functional groups attached to an aromatic ring is 2. The molecule has 0 aliphatic rings. The number of thioether (sulfide) groups is 1. The van der Waals surface area contributed by atoms with Crippen LogP contribution >= 0.6 is 11.8 Å². The lowest BCUT2D eigenvalue weighted by Crippen LogP contribution is -1.93. The van der Waals surface area contributed by atoms with Crippen LogP contribution in [0.2, 0.25) is 0 Å². The maximum Gasteiger partial charge on any atom is 0.125 e. The van der Waals surface area contributed by atoms with Crippen LogP contribution < -0.4 is 11.5 Å². The number of anilines is 2. The van der Waals surface area contributed by atoms with Crippen LogP contribution in [0.4, 0.5) is 15.8 Å². The molecule has 19 heavy (non-hydrogen) atoms. The summed E-state index contributed by atoms with van der Waals surface area (Å²) in [5, 5.41) is 0. The Morgan fingerprint density at radius 1 is 1.05 bits per heavy atom. The fourth-order valence-electron chi connectivity index (χ4n) is 1.86. The molecule has 2 aromatic carbocycles. The summed E-state index contributed by atoms with van der Waals surface area (Å²) in [6.07, 6.45) is 2.02. The van der Waals surface area contributed by atoms with Crippen LogP contribution in [-0.4, -0.2) is 5.75 Å². The van der Waals surface area contributed by atoms with E-state index in [4.69, 9.17) is 11.5 Å². The third-order valence-electron chi connectivity index (χ3n) is 2.79. The van der Waals surface area contributed by atoms with Crippen molar-refractivity contribution in [1.29, 1.82) is 0 Å². The molecule has 4 heteroatoms. The topological polar surface area (TPSA) is 52.0 Å². The van der Waals surface area contributed by atoms with Crippen LogP contribution in [0.1, 0.15) is 12.0 Å². The van der Waals surface area contributed by atoms with Gasteiger partial charge in [-0.15, -0.1) is 11.8 Å². The third-order valence-corrected chi connectivity index (χ3v) is 3.97. The SMILES string of the molecule is Nc1cccc(CCCSc2ccc(F)cc2N)c1. The van der Waals surface area contributed by atoms with Crippen molar-refractivity contribution < 1.29 is 4.39 Å². The number of hydrogen-bond donors (Lipinski definition) is 2. The Bertz CT molecular complexity index is 558. The Morgan fingerprint density at radius 3 is 2.63 bits per heavy atom. The van der Waals surface area contributed by atoms with Gasteiger partial charge in [0.25, 0.3) is 0 Å². The van der Waals surface area contributed by atoms with Gasteiger partial charge in [0.05, 0.1) is 0 Å². The van der Waals surface area contributed by atoms with Crippen molar-refractivity contribution in [2.45, 2.75) is 17.7 Å². The smallest absolute Gasteiger partial charge is 0.125 e. The molecule has 0 radical (unpaired) electrons. The molecule has 2 nitrogen and oxygen atoms in total. The molecule has 0 aliphatic heterocycles. The molecule has 0 spiro atoms. The van der Waals surface area contributed by atoms with Gasteiger partial charge >= 0.3 is 0 Å². The third kappa shape index (κ3) is 4.17. The zero-order valence-corrected chi connectivity index (χ0v) is 11.4. The Labute approximate surface area is 117 Å². The van der Waals surface area contributed by atoms with E-state index in [1.165, 1.54) is 17.7 Å². The predicted octanol–water partition coefficient (Wildman–Crippen LogP) is 3.72. The summed E-state index contributed by atoms with van der Waals surface area (Å²) in [6.45, 7) is 0. The molecule has 0 saturated carbocycles. The summed E-state index contributed by atoms with van der Waals surface area (Å²) >= 11 is 1.66. The van der Waals surface area contributed by atoms with Gasteiger partial charge in [0.1, 0.15) is 5.82 Å². The van der Waals surface area contributed by atoms with Crippen molar-refractivity contribution >= 4 is 23.1 Å². The zero-order valence-electron chi connectivity index (χ0n) is 10.6. The number of aryl methyl sites for hydroxylation is 1. The number of benzene rings is 2. The van der Waals surface area contributed by atoms with Crippen molar-refractivity contribution in [1.82, 2.24) is 0 Å². The fraction of sp³-hybridized carbons (Fsp3) is 0.200. The normalized spacial score (nSPS) is 10.6. The van der Waals surface area contributed by atoms with Gasteiger partial charge in [-0.25, -0.2) is 4.39 Å². The van der Waals surface area contributed by atoms with Crippen LogP contribution in [-0.2, 0) is 6.42 Å². The van der Waals surface area contributed by atoms with Crippen LogP contribution in [0.15, 0.2) is 47.4 Å². The molecule has 0 aromatic heterocycles. The fourth-order valence-corrected chi connectivity index (χ4v) is 2.76. The van der Waals surface area contributed by atoms with Crippen molar-refractivity contribution in [2.75, 3.05) is 17.2 Å². The Hall–Kier alpha value is -1.68. The first kappa shape index (κ1) is 13.7. The molecule has 2 rings (SSSR count). The Kier molecular flexibility index (Phi) is 4.68. The minimum Gasteiger partial charge on any atom is -0.399 e. The quantitative estimate of drug-likeness (QED) is 0.497. The van der Waals surface area contributed by atoms with E-state index >= 15 is 0 Å².